The predicted octanol–water partition coefficient (Wildman–Crippen LogP) is -0.474. The van der Waals surface area contributed by atoms with Crippen LogP contribution in [-0.4, -0.2) is 57.1 Å². The van der Waals surface area contributed by atoms with Crippen LogP contribution >= 0.6 is 0 Å². The number of carbonyl (C=O) groups is 1. The first-order valence-electron chi connectivity index (χ1n) is 6.38. The highest BCUT2D eigenvalue weighted by Crippen LogP contribution is 2.12. The molecule has 0 aliphatic carbocycles. The average molecular weight is 277 g/mol. The van der Waals surface area contributed by atoms with E-state index in [1.54, 1.807) is 0 Å². The molecular formula is C11H23N3O3S. The summed E-state index contributed by atoms with van der Waals surface area (Å²) in [6.07, 6.45) is 3.33. The van der Waals surface area contributed by atoms with Gasteiger partial charge in [-0.3, -0.25) is 4.79 Å². The monoisotopic (exact) mass is 277 g/mol. The van der Waals surface area contributed by atoms with Crippen LogP contribution in [0.1, 0.15) is 26.2 Å². The van der Waals surface area contributed by atoms with E-state index in [0.717, 1.165) is 12.8 Å². The summed E-state index contributed by atoms with van der Waals surface area (Å²) in [7, 11) is -3.05. The van der Waals surface area contributed by atoms with Crippen molar-refractivity contribution in [3.05, 3.63) is 0 Å². The second kappa shape index (κ2) is 7.06. The van der Waals surface area contributed by atoms with E-state index in [4.69, 9.17) is 0 Å². The summed E-state index contributed by atoms with van der Waals surface area (Å²) in [5.41, 5.74) is 0. The Kier molecular flexibility index (Phi) is 6.04. The van der Waals surface area contributed by atoms with E-state index in [1.165, 1.54) is 10.6 Å². The quantitative estimate of drug-likeness (QED) is 0.688. The molecule has 0 aromatic heterocycles. The fraction of sp³-hybridized carbons (Fsp3) is 0.909. The summed E-state index contributed by atoms with van der Waals surface area (Å²) in [6, 6.07) is 0.317. The lowest BCUT2D eigenvalue weighted by Gasteiger charge is -2.30. The molecule has 0 bridgehead atoms. The summed E-state index contributed by atoms with van der Waals surface area (Å²) in [4.78, 5) is 11.2. The van der Waals surface area contributed by atoms with Crippen LogP contribution < -0.4 is 10.6 Å². The number of rotatable bonds is 6. The van der Waals surface area contributed by atoms with Gasteiger partial charge in [0.05, 0.1) is 6.26 Å². The molecule has 0 aromatic carbocycles. The lowest BCUT2D eigenvalue weighted by atomic mass is 10.1. The minimum Gasteiger partial charge on any atom is -0.356 e. The maximum absolute atomic E-state index is 11.3. The van der Waals surface area contributed by atoms with Crippen molar-refractivity contribution >= 4 is 15.9 Å². The lowest BCUT2D eigenvalue weighted by molar-refractivity contribution is -0.120. The molecule has 1 heterocycles. The number of hydrogen-bond acceptors (Lipinski definition) is 4. The highest BCUT2D eigenvalue weighted by Gasteiger charge is 2.24. The molecule has 1 rings (SSSR count). The van der Waals surface area contributed by atoms with Crippen molar-refractivity contribution < 1.29 is 13.2 Å². The van der Waals surface area contributed by atoms with Gasteiger partial charge in [0.1, 0.15) is 0 Å². The Morgan fingerprint density at radius 1 is 1.33 bits per heavy atom. The van der Waals surface area contributed by atoms with Crippen LogP contribution in [0.3, 0.4) is 0 Å². The zero-order chi connectivity index (χ0) is 13.6. The van der Waals surface area contributed by atoms with Crippen molar-refractivity contribution in [3.63, 3.8) is 0 Å². The maximum Gasteiger partial charge on any atom is 0.221 e. The third kappa shape index (κ3) is 5.32. The Labute approximate surface area is 109 Å². The Morgan fingerprint density at radius 3 is 2.44 bits per heavy atom. The summed E-state index contributed by atoms with van der Waals surface area (Å²) < 4.78 is 24.2. The van der Waals surface area contributed by atoms with Crippen molar-refractivity contribution in [2.75, 3.05) is 32.4 Å². The van der Waals surface area contributed by atoms with Gasteiger partial charge in [0, 0.05) is 38.6 Å². The lowest BCUT2D eigenvalue weighted by Crippen LogP contribution is -2.45. The van der Waals surface area contributed by atoms with E-state index in [0.29, 0.717) is 38.6 Å². The minimum atomic E-state index is -3.05. The van der Waals surface area contributed by atoms with Gasteiger partial charge < -0.3 is 10.6 Å². The maximum atomic E-state index is 11.3. The van der Waals surface area contributed by atoms with Gasteiger partial charge in [0.25, 0.3) is 0 Å². The molecule has 0 saturated carbocycles. The molecule has 2 N–H and O–H groups in total. The number of carbonyl (C=O) groups excluding carboxylic acids is 1. The standard InChI is InChI=1S/C11H23N3O3S/c1-3-12-11(15)4-7-13-10-5-8-14(9-6-10)18(2,16)17/h10,13H,3-9H2,1-2H3,(H,12,15). The second-order valence-corrected chi connectivity index (χ2v) is 6.58. The third-order valence-corrected chi connectivity index (χ3v) is 4.39. The molecule has 0 atom stereocenters. The van der Waals surface area contributed by atoms with Crippen LogP contribution in [0, 0.1) is 0 Å². The van der Waals surface area contributed by atoms with Crippen molar-refractivity contribution in [2.24, 2.45) is 0 Å². The van der Waals surface area contributed by atoms with E-state index < -0.39 is 10.0 Å². The molecule has 18 heavy (non-hydrogen) atoms. The largest absolute Gasteiger partial charge is 0.356 e. The van der Waals surface area contributed by atoms with E-state index in [-0.39, 0.29) is 5.91 Å². The summed E-state index contributed by atoms with van der Waals surface area (Å²) >= 11 is 0. The molecule has 1 saturated heterocycles. The molecule has 0 aromatic rings. The zero-order valence-corrected chi connectivity index (χ0v) is 11.9. The van der Waals surface area contributed by atoms with Crippen LogP contribution in [0.4, 0.5) is 0 Å². The average Bonchev–Trinajstić information content (AvgIpc) is 2.29. The molecule has 1 aliphatic rings. The molecule has 1 aliphatic heterocycles. The Balaban J connectivity index is 2.18. The minimum absolute atomic E-state index is 0.0542. The van der Waals surface area contributed by atoms with E-state index in [2.05, 4.69) is 10.6 Å². The summed E-state index contributed by atoms with van der Waals surface area (Å²) in [5.74, 6) is 0.0542. The Morgan fingerprint density at radius 2 is 1.94 bits per heavy atom. The number of nitrogens with one attached hydrogen (secondary N) is 2. The highest BCUT2D eigenvalue weighted by molar-refractivity contribution is 7.88. The fourth-order valence-electron chi connectivity index (χ4n) is 2.07. The van der Waals surface area contributed by atoms with Gasteiger partial charge in [0.15, 0.2) is 0 Å². The van der Waals surface area contributed by atoms with Gasteiger partial charge >= 0.3 is 0 Å². The summed E-state index contributed by atoms with van der Waals surface area (Å²) in [5, 5.41) is 6.04. The van der Waals surface area contributed by atoms with Crippen molar-refractivity contribution in [1.82, 2.24) is 14.9 Å². The smallest absolute Gasteiger partial charge is 0.221 e. The number of amides is 1. The van der Waals surface area contributed by atoms with Gasteiger partial charge in [-0.1, -0.05) is 0 Å². The first-order valence-corrected chi connectivity index (χ1v) is 8.23. The van der Waals surface area contributed by atoms with Crippen LogP contribution in [-0.2, 0) is 14.8 Å². The van der Waals surface area contributed by atoms with Gasteiger partial charge in [-0.15, -0.1) is 0 Å². The molecule has 7 heteroatoms. The van der Waals surface area contributed by atoms with Crippen LogP contribution in [0.2, 0.25) is 0 Å². The zero-order valence-electron chi connectivity index (χ0n) is 11.1. The normalized spacial score (nSPS) is 18.8. The number of piperidine rings is 1. The Bertz CT molecular complexity index is 362. The topological polar surface area (TPSA) is 78.5 Å². The molecule has 1 fully saturated rings. The first kappa shape index (κ1) is 15.4. The highest BCUT2D eigenvalue weighted by atomic mass is 32.2. The number of nitrogens with zero attached hydrogens (tertiary/aromatic N) is 1. The molecule has 1 amide bonds. The molecule has 6 nitrogen and oxygen atoms in total. The number of hydrogen-bond donors (Lipinski definition) is 2. The Hall–Kier alpha value is -0.660. The van der Waals surface area contributed by atoms with Gasteiger partial charge in [-0.2, -0.15) is 0 Å². The SMILES string of the molecule is CCNC(=O)CCNC1CCN(S(C)(=O)=O)CC1. The summed E-state index contributed by atoms with van der Waals surface area (Å²) in [6.45, 7) is 4.34. The third-order valence-electron chi connectivity index (χ3n) is 3.08. The number of sulfonamides is 1. The van der Waals surface area contributed by atoms with Gasteiger partial charge in [-0.25, -0.2) is 12.7 Å². The van der Waals surface area contributed by atoms with Crippen LogP contribution in [0.15, 0.2) is 0 Å². The molecule has 106 valence electrons. The van der Waals surface area contributed by atoms with Crippen molar-refractivity contribution in [3.8, 4) is 0 Å². The predicted molar refractivity (Wildman–Crippen MR) is 70.7 cm³/mol. The van der Waals surface area contributed by atoms with Crippen LogP contribution in [0.5, 0.6) is 0 Å². The molecule has 0 radical (unpaired) electrons. The van der Waals surface area contributed by atoms with Crippen molar-refractivity contribution in [1.29, 1.82) is 0 Å². The van der Waals surface area contributed by atoms with Crippen molar-refractivity contribution in [2.45, 2.75) is 32.2 Å². The van der Waals surface area contributed by atoms with Gasteiger partial charge in [-0.05, 0) is 19.8 Å². The molecular weight excluding hydrogens is 254 g/mol. The molecule has 0 unspecified atom stereocenters. The van der Waals surface area contributed by atoms with E-state index in [1.807, 2.05) is 6.92 Å². The van der Waals surface area contributed by atoms with E-state index >= 15 is 0 Å². The first-order chi connectivity index (χ1) is 8.43. The van der Waals surface area contributed by atoms with Crippen LogP contribution in [0.25, 0.3) is 0 Å². The fourth-order valence-corrected chi connectivity index (χ4v) is 2.94. The van der Waals surface area contributed by atoms with Gasteiger partial charge in [0.2, 0.25) is 15.9 Å². The van der Waals surface area contributed by atoms with E-state index in [9.17, 15) is 13.2 Å². The second-order valence-electron chi connectivity index (χ2n) is 4.59. The molecule has 0 spiro atoms.